The Morgan fingerprint density at radius 2 is 0.212 bits per heavy atom. The summed E-state index contributed by atoms with van der Waals surface area (Å²) >= 11 is 0. The minimum Gasteiger partial charge on any atom is -0.298 e. The van der Waals surface area contributed by atoms with Crippen molar-refractivity contribution in [3.8, 4) is 0 Å². The van der Waals surface area contributed by atoms with Gasteiger partial charge in [-0.3, -0.25) is 4.79 Å². The summed E-state index contributed by atoms with van der Waals surface area (Å²) in [6.45, 7) is 19.0. The normalized spacial score (nSPS) is 12.2. The molecule has 0 aromatic carbocycles. The van der Waals surface area contributed by atoms with Crippen LogP contribution in [-0.4, -0.2) is 5.78 Å². The molecule has 0 fully saturated rings. The molecule has 1 nitrogen and oxygen atoms in total. The number of hydrogen-bond acceptors (Lipinski definition) is 1. The topological polar surface area (TPSA) is 17.1 Å². The van der Waals surface area contributed by atoms with Crippen LogP contribution in [-0.2, 0) is 4.79 Å². The van der Waals surface area contributed by atoms with Crippen molar-refractivity contribution in [3.63, 3.8) is 0 Å². The molecular weight excluding hydrogens is 1420 g/mol. The summed E-state index contributed by atoms with van der Waals surface area (Å²) in [6.07, 6.45) is 146. The number of unbranched alkanes of at least 4 members (excludes halogenated alkanes) is 88. The summed E-state index contributed by atoms with van der Waals surface area (Å²) in [4.78, 5) is 19.0. The molecule has 0 atom stereocenters. The van der Waals surface area contributed by atoms with Gasteiger partial charge in [-0.2, -0.15) is 0 Å². The molecule has 0 aliphatic carbocycles. The molecule has 0 aromatic rings. The van der Waals surface area contributed by atoms with E-state index in [4.69, 9.17) is 0 Å². The van der Waals surface area contributed by atoms with Crippen molar-refractivity contribution in [2.75, 3.05) is 0 Å². The predicted octanol–water partition coefficient (Wildman–Crippen LogP) is 44.5. The number of rotatable bonds is 108. The molecule has 0 spiro atoms. The number of ketones is 1. The highest BCUT2D eigenvalue weighted by Crippen LogP contribution is 2.56. The lowest BCUT2D eigenvalue weighted by atomic mass is 9.52. The third kappa shape index (κ3) is 78.0. The van der Waals surface area contributed by atoms with Gasteiger partial charge in [-0.1, -0.05) is 672 Å². The largest absolute Gasteiger partial charge is 0.298 e. The van der Waals surface area contributed by atoms with Crippen molar-refractivity contribution in [1.82, 2.24) is 0 Å². The van der Waals surface area contributed by atoms with E-state index in [9.17, 15) is 0 Å². The van der Waals surface area contributed by atoms with Crippen LogP contribution in [0.2, 0.25) is 0 Å². The summed E-state index contributed by atoms with van der Waals surface area (Å²) in [5, 5.41) is 0. The maximum atomic E-state index is 19.0. The Hall–Kier alpha value is -0.330. The SMILES string of the molecule is CCCCCCCCCCCCCCC(CCCCCCCCCCCCCC)C(CCCCCCCCCCCCCC)(CCCCCCCCCCCCCC)C(=O)C(CCCCCCCCCCCCCC)(CCCCCCCCCCCCCC)C(CCCCCCCCCCCCCC)CCCCCCCCCCCCCC. The minimum absolute atomic E-state index is 0.188. The highest BCUT2D eigenvalue weighted by atomic mass is 16.1. The second-order valence-electron chi connectivity index (χ2n) is 41.3. The van der Waals surface area contributed by atoms with E-state index in [1.165, 1.54) is 668 Å². The van der Waals surface area contributed by atoms with Gasteiger partial charge in [-0.25, -0.2) is 0 Å². The van der Waals surface area contributed by atoms with Gasteiger partial charge in [0, 0.05) is 10.8 Å². The van der Waals surface area contributed by atoms with Crippen LogP contribution in [0.3, 0.4) is 0 Å². The molecule has 0 saturated heterocycles. The zero-order chi connectivity index (χ0) is 85.3. The highest BCUT2D eigenvalue weighted by Gasteiger charge is 2.54. The van der Waals surface area contributed by atoms with Gasteiger partial charge in [0.15, 0.2) is 0 Å². The quantitative estimate of drug-likeness (QED) is 0.0555. The predicted molar refractivity (Wildman–Crippen MR) is 542 cm³/mol. The Labute approximate surface area is 751 Å². The standard InChI is InChI=1S/C117H234O/c1-9-17-25-33-41-49-57-65-73-81-89-97-105-113(106-98-90-82-74-66-58-50-42-34-26-18-10-2)116(109-101-93-85-77-69-61-53-45-37-29-21-13-5,110-102-94-86-78-70-62-54-46-38-30-22-14-6)115(118)117(111-103-95-87-79-71-63-55-47-39-31-23-15-7,112-104-96-88-80-72-64-56-48-40-32-24-16-8)114(107-99-91-83-75-67-59-51-43-35-27-19-11-3)108-100-92-84-76-68-60-52-44-36-28-20-12-4/h113-114H,9-112H2,1-8H3. The molecule has 118 heavy (non-hydrogen) atoms. The summed E-state index contributed by atoms with van der Waals surface area (Å²) in [7, 11) is 0. The number of Topliss-reactive ketones (excluding diaryl/α,β-unsaturated/α-hetero) is 1. The van der Waals surface area contributed by atoms with Gasteiger partial charge >= 0.3 is 0 Å². The van der Waals surface area contributed by atoms with Crippen molar-refractivity contribution in [3.05, 3.63) is 0 Å². The van der Waals surface area contributed by atoms with Crippen LogP contribution in [0.15, 0.2) is 0 Å². The van der Waals surface area contributed by atoms with Crippen molar-refractivity contribution < 1.29 is 4.79 Å². The molecule has 0 heterocycles. The van der Waals surface area contributed by atoms with Crippen LogP contribution >= 0.6 is 0 Å². The molecule has 708 valence electrons. The molecule has 0 aromatic heterocycles. The van der Waals surface area contributed by atoms with E-state index in [1.807, 2.05) is 0 Å². The molecule has 1 heteroatoms. The van der Waals surface area contributed by atoms with Crippen LogP contribution in [0.4, 0.5) is 0 Å². The number of hydrogen-bond donors (Lipinski definition) is 0. The number of carbonyl (C=O) groups is 1. The minimum atomic E-state index is -0.188. The Morgan fingerprint density at radius 1 is 0.127 bits per heavy atom. The fourth-order valence-corrected chi connectivity index (χ4v) is 21.8. The smallest absolute Gasteiger partial charge is 0.145 e. The van der Waals surface area contributed by atoms with E-state index in [1.54, 1.807) is 0 Å². The van der Waals surface area contributed by atoms with Gasteiger partial charge in [-0.05, 0) is 63.2 Å². The second kappa shape index (κ2) is 100. The van der Waals surface area contributed by atoms with Crippen LogP contribution in [0.5, 0.6) is 0 Å². The van der Waals surface area contributed by atoms with Crippen molar-refractivity contribution in [2.24, 2.45) is 22.7 Å². The molecule has 0 unspecified atom stereocenters. The van der Waals surface area contributed by atoms with Crippen LogP contribution < -0.4 is 0 Å². The van der Waals surface area contributed by atoms with Crippen LogP contribution in [0, 0.1) is 22.7 Å². The molecule has 0 bridgehead atoms. The molecule has 0 rings (SSSR count). The van der Waals surface area contributed by atoms with Gasteiger partial charge < -0.3 is 0 Å². The first-order chi connectivity index (χ1) is 58.4. The van der Waals surface area contributed by atoms with Crippen LogP contribution in [0.25, 0.3) is 0 Å². The fraction of sp³-hybridized carbons (Fsp3) is 0.991. The number of carbonyl (C=O) groups excluding carboxylic acids is 1. The lowest BCUT2D eigenvalue weighted by Gasteiger charge is -2.51. The fourth-order valence-electron chi connectivity index (χ4n) is 21.8. The Bertz CT molecular complexity index is 1550. The van der Waals surface area contributed by atoms with E-state index in [0.29, 0.717) is 11.8 Å². The van der Waals surface area contributed by atoms with Gasteiger partial charge in [0.1, 0.15) is 5.78 Å². The Balaban J connectivity index is 8.60. The molecule has 0 amide bonds. The summed E-state index contributed by atoms with van der Waals surface area (Å²) in [6, 6.07) is 0. The summed E-state index contributed by atoms with van der Waals surface area (Å²) in [5.74, 6) is 2.07. The molecule has 0 N–H and O–H groups in total. The van der Waals surface area contributed by atoms with Gasteiger partial charge in [0.2, 0.25) is 0 Å². The maximum absolute atomic E-state index is 19.0. The maximum Gasteiger partial charge on any atom is 0.145 e. The average molecular weight is 1660 g/mol. The van der Waals surface area contributed by atoms with E-state index in [2.05, 4.69) is 55.4 Å². The van der Waals surface area contributed by atoms with E-state index < -0.39 is 0 Å². The van der Waals surface area contributed by atoms with Gasteiger partial charge in [-0.15, -0.1) is 0 Å². The molecule has 0 aliphatic rings. The zero-order valence-corrected chi connectivity index (χ0v) is 84.6. The first kappa shape index (κ1) is 118. The third-order valence-electron chi connectivity index (χ3n) is 30.0. The van der Waals surface area contributed by atoms with Crippen LogP contribution in [0.1, 0.15) is 723 Å². The van der Waals surface area contributed by atoms with Crippen molar-refractivity contribution >= 4 is 5.78 Å². The lowest BCUT2D eigenvalue weighted by molar-refractivity contribution is -0.151. The monoisotopic (exact) mass is 1660 g/mol. The average Bonchev–Trinajstić information content (AvgIpc) is 0.748. The Kier molecular flexibility index (Phi) is 100. The molecular formula is C117H234O. The summed E-state index contributed by atoms with van der Waals surface area (Å²) in [5.41, 5.74) is -0.377. The Morgan fingerprint density at radius 3 is 0.314 bits per heavy atom. The van der Waals surface area contributed by atoms with E-state index >= 15 is 4.79 Å². The molecule has 0 saturated carbocycles. The van der Waals surface area contributed by atoms with Crippen molar-refractivity contribution in [1.29, 1.82) is 0 Å². The van der Waals surface area contributed by atoms with Gasteiger partial charge in [0.05, 0.1) is 0 Å². The van der Waals surface area contributed by atoms with E-state index in [0.717, 1.165) is 5.78 Å². The summed E-state index contributed by atoms with van der Waals surface area (Å²) < 4.78 is 0. The first-order valence-electron chi connectivity index (χ1n) is 58.0. The molecule has 0 aliphatic heterocycles. The third-order valence-corrected chi connectivity index (χ3v) is 30.0. The van der Waals surface area contributed by atoms with Crippen molar-refractivity contribution in [2.45, 2.75) is 723 Å². The zero-order valence-electron chi connectivity index (χ0n) is 84.6. The molecule has 0 radical (unpaired) electrons. The van der Waals surface area contributed by atoms with Gasteiger partial charge in [0.25, 0.3) is 0 Å². The van der Waals surface area contributed by atoms with E-state index in [-0.39, 0.29) is 10.8 Å². The first-order valence-corrected chi connectivity index (χ1v) is 58.0. The lowest BCUT2D eigenvalue weighted by Crippen LogP contribution is -2.51. The second-order valence-corrected chi connectivity index (χ2v) is 41.3. The highest BCUT2D eigenvalue weighted by molar-refractivity contribution is 5.91.